The van der Waals surface area contributed by atoms with Gasteiger partial charge in [0.2, 0.25) is 0 Å². The molecule has 0 atom stereocenters. The summed E-state index contributed by atoms with van der Waals surface area (Å²) in [5.41, 5.74) is 0.793. The summed E-state index contributed by atoms with van der Waals surface area (Å²) in [6, 6.07) is 8.24. The number of aromatic nitrogens is 1. The average Bonchev–Trinajstić information content (AvgIpc) is 2.63. The smallest absolute Gasteiger partial charge is 0.262 e. The lowest BCUT2D eigenvalue weighted by Gasteiger charge is -2.05. The van der Waals surface area contributed by atoms with Gasteiger partial charge in [-0.3, -0.25) is 4.72 Å². The van der Waals surface area contributed by atoms with Crippen LogP contribution in [0.15, 0.2) is 39.7 Å². The molecular weight excluding hydrogens is 324 g/mol. The van der Waals surface area contributed by atoms with Crippen LogP contribution in [0.5, 0.6) is 0 Å². The second kappa shape index (κ2) is 4.75. The summed E-state index contributed by atoms with van der Waals surface area (Å²) in [6.45, 7) is 1.81. The third-order valence-electron chi connectivity index (χ3n) is 1.97. The molecule has 0 amide bonds. The molecular formula is C10H9BrN2O2S2. The lowest BCUT2D eigenvalue weighted by Crippen LogP contribution is -2.11. The van der Waals surface area contributed by atoms with E-state index >= 15 is 0 Å². The van der Waals surface area contributed by atoms with Gasteiger partial charge in [0.1, 0.15) is 5.00 Å². The van der Waals surface area contributed by atoms with Crippen LogP contribution in [-0.2, 0) is 10.0 Å². The molecule has 1 aromatic carbocycles. The monoisotopic (exact) mass is 332 g/mol. The Hall–Kier alpha value is -0.920. The molecule has 0 radical (unpaired) electrons. The zero-order valence-corrected chi connectivity index (χ0v) is 12.1. The highest BCUT2D eigenvalue weighted by molar-refractivity contribution is 9.10. The largest absolute Gasteiger partial charge is 0.269 e. The number of nitrogens with one attached hydrogen (secondary N) is 1. The van der Waals surface area contributed by atoms with E-state index in [1.165, 1.54) is 0 Å². The number of benzene rings is 1. The van der Waals surface area contributed by atoms with Gasteiger partial charge in [0.25, 0.3) is 10.0 Å². The second-order valence-corrected chi connectivity index (χ2v) is 6.80. The van der Waals surface area contributed by atoms with Crippen molar-refractivity contribution in [2.24, 2.45) is 0 Å². The van der Waals surface area contributed by atoms with E-state index in [9.17, 15) is 8.42 Å². The number of aryl methyl sites for hydroxylation is 1. The summed E-state index contributed by atoms with van der Waals surface area (Å²) in [5.74, 6) is 0. The number of hydrogen-bond donors (Lipinski definition) is 1. The fourth-order valence-electron chi connectivity index (χ4n) is 1.24. The zero-order chi connectivity index (χ0) is 12.5. The van der Waals surface area contributed by atoms with Crippen molar-refractivity contribution in [3.05, 3.63) is 40.5 Å². The molecule has 0 spiro atoms. The number of sulfonamides is 1. The van der Waals surface area contributed by atoms with E-state index in [0.29, 0.717) is 5.00 Å². The molecule has 0 saturated carbocycles. The third kappa shape index (κ3) is 3.05. The summed E-state index contributed by atoms with van der Waals surface area (Å²) in [7, 11) is -3.53. The minimum atomic E-state index is -3.53. The maximum atomic E-state index is 12.0. The van der Waals surface area contributed by atoms with Crippen LogP contribution >= 0.6 is 27.5 Å². The summed E-state index contributed by atoms with van der Waals surface area (Å²) < 4.78 is 31.3. The SMILES string of the molecule is Cc1cc(NS(=O)(=O)c2cccc(Br)c2)sn1. The number of hydrogen-bond acceptors (Lipinski definition) is 4. The highest BCUT2D eigenvalue weighted by atomic mass is 79.9. The zero-order valence-electron chi connectivity index (χ0n) is 8.84. The van der Waals surface area contributed by atoms with Crippen LogP contribution in [0.1, 0.15) is 5.69 Å². The van der Waals surface area contributed by atoms with Crippen molar-refractivity contribution in [2.75, 3.05) is 4.72 Å². The van der Waals surface area contributed by atoms with Gasteiger partial charge in [0, 0.05) is 4.47 Å². The minimum absolute atomic E-state index is 0.220. The molecule has 4 nitrogen and oxygen atoms in total. The van der Waals surface area contributed by atoms with E-state index in [4.69, 9.17) is 0 Å². The first-order chi connectivity index (χ1) is 7.97. The van der Waals surface area contributed by atoms with Crippen LogP contribution in [0.25, 0.3) is 0 Å². The Morgan fingerprint density at radius 1 is 1.35 bits per heavy atom. The molecule has 1 heterocycles. The molecule has 0 aliphatic rings. The predicted molar refractivity (Wildman–Crippen MR) is 71.8 cm³/mol. The van der Waals surface area contributed by atoms with Crippen LogP contribution in [-0.4, -0.2) is 12.8 Å². The van der Waals surface area contributed by atoms with E-state index < -0.39 is 10.0 Å². The molecule has 7 heteroatoms. The topological polar surface area (TPSA) is 59.1 Å². The Morgan fingerprint density at radius 3 is 2.71 bits per heavy atom. The third-order valence-corrected chi connectivity index (χ3v) is 4.75. The number of halogens is 1. The quantitative estimate of drug-likeness (QED) is 0.939. The van der Waals surface area contributed by atoms with E-state index in [1.807, 2.05) is 6.92 Å². The number of rotatable bonds is 3. The Kier molecular flexibility index (Phi) is 3.50. The fourth-order valence-corrected chi connectivity index (χ4v) is 3.77. The van der Waals surface area contributed by atoms with Crippen molar-refractivity contribution in [1.29, 1.82) is 0 Å². The van der Waals surface area contributed by atoms with Gasteiger partial charge in [-0.05, 0) is 42.7 Å². The maximum absolute atomic E-state index is 12.0. The van der Waals surface area contributed by atoms with Crippen molar-refractivity contribution in [2.45, 2.75) is 11.8 Å². The first-order valence-electron chi connectivity index (χ1n) is 4.69. The van der Waals surface area contributed by atoms with E-state index in [0.717, 1.165) is 21.7 Å². The van der Waals surface area contributed by atoms with Crippen LogP contribution in [0.2, 0.25) is 0 Å². The average molecular weight is 333 g/mol. The van der Waals surface area contributed by atoms with Crippen molar-refractivity contribution in [1.82, 2.24) is 4.37 Å². The molecule has 0 unspecified atom stereocenters. The van der Waals surface area contributed by atoms with Crippen LogP contribution in [0, 0.1) is 6.92 Å². The van der Waals surface area contributed by atoms with Gasteiger partial charge in [-0.25, -0.2) is 8.42 Å². The Labute approximate surface area is 112 Å². The molecule has 1 aromatic heterocycles. The van der Waals surface area contributed by atoms with Gasteiger partial charge in [-0.2, -0.15) is 4.37 Å². The van der Waals surface area contributed by atoms with Crippen LogP contribution in [0.4, 0.5) is 5.00 Å². The standard InChI is InChI=1S/C10H9BrN2O2S2/c1-7-5-10(16-12-7)13-17(14,15)9-4-2-3-8(11)6-9/h2-6,13H,1H3. The van der Waals surface area contributed by atoms with Gasteiger partial charge in [-0.1, -0.05) is 22.0 Å². The van der Waals surface area contributed by atoms with Gasteiger partial charge >= 0.3 is 0 Å². The van der Waals surface area contributed by atoms with Crippen molar-refractivity contribution in [3.8, 4) is 0 Å². The lowest BCUT2D eigenvalue weighted by molar-refractivity contribution is 0.601. The molecule has 0 aliphatic carbocycles. The Morgan fingerprint density at radius 2 is 2.12 bits per heavy atom. The molecule has 90 valence electrons. The van der Waals surface area contributed by atoms with Crippen molar-refractivity contribution >= 4 is 42.5 Å². The number of anilines is 1. The highest BCUT2D eigenvalue weighted by Gasteiger charge is 2.15. The molecule has 0 fully saturated rings. The normalized spacial score (nSPS) is 11.4. The first-order valence-corrected chi connectivity index (χ1v) is 7.74. The van der Waals surface area contributed by atoms with Gasteiger partial charge in [0.05, 0.1) is 10.6 Å². The maximum Gasteiger partial charge on any atom is 0.262 e. The van der Waals surface area contributed by atoms with Gasteiger partial charge in [-0.15, -0.1) is 0 Å². The highest BCUT2D eigenvalue weighted by Crippen LogP contribution is 2.22. The Bertz CT molecular complexity index is 637. The first kappa shape index (κ1) is 12.5. The molecule has 2 rings (SSSR count). The molecule has 0 bridgehead atoms. The summed E-state index contributed by atoms with van der Waals surface area (Å²) >= 11 is 4.37. The molecule has 0 aliphatic heterocycles. The van der Waals surface area contributed by atoms with Crippen molar-refractivity contribution in [3.63, 3.8) is 0 Å². The molecule has 1 N–H and O–H groups in total. The molecule has 2 aromatic rings. The van der Waals surface area contributed by atoms with Gasteiger partial charge < -0.3 is 0 Å². The molecule has 0 saturated heterocycles. The summed E-state index contributed by atoms with van der Waals surface area (Å²) in [5, 5.41) is 0.516. The fraction of sp³-hybridized carbons (Fsp3) is 0.100. The van der Waals surface area contributed by atoms with Gasteiger partial charge in [0.15, 0.2) is 0 Å². The van der Waals surface area contributed by atoms with Crippen LogP contribution < -0.4 is 4.72 Å². The number of nitrogens with zero attached hydrogens (tertiary/aromatic N) is 1. The van der Waals surface area contributed by atoms with Crippen LogP contribution in [0.3, 0.4) is 0 Å². The minimum Gasteiger partial charge on any atom is -0.269 e. The van der Waals surface area contributed by atoms with E-state index in [1.54, 1.807) is 30.3 Å². The molecule has 17 heavy (non-hydrogen) atoms. The summed E-state index contributed by atoms with van der Waals surface area (Å²) in [4.78, 5) is 0.220. The van der Waals surface area contributed by atoms with E-state index in [2.05, 4.69) is 25.0 Å². The lowest BCUT2D eigenvalue weighted by atomic mass is 10.4. The summed E-state index contributed by atoms with van der Waals surface area (Å²) in [6.07, 6.45) is 0. The predicted octanol–water partition coefficient (Wildman–Crippen LogP) is 3.01. The van der Waals surface area contributed by atoms with Crippen molar-refractivity contribution < 1.29 is 8.42 Å². The second-order valence-electron chi connectivity index (χ2n) is 3.40. The van der Waals surface area contributed by atoms with E-state index in [-0.39, 0.29) is 4.90 Å². The Balaban J connectivity index is 2.31.